The first kappa shape index (κ1) is 15.9. The summed E-state index contributed by atoms with van der Waals surface area (Å²) in [5.74, 6) is 0. The molecule has 1 unspecified atom stereocenters. The molecule has 0 aliphatic carbocycles. The molecule has 1 aromatic heterocycles. The molecular weight excluding hydrogens is 238 g/mol. The second-order valence-corrected chi connectivity index (χ2v) is 5.30. The Morgan fingerprint density at radius 2 is 2.32 bits per heavy atom. The summed E-state index contributed by atoms with van der Waals surface area (Å²) >= 11 is 0. The van der Waals surface area contributed by atoms with E-state index in [0.29, 0.717) is 0 Å². The van der Waals surface area contributed by atoms with Crippen LogP contribution in [-0.4, -0.2) is 36.6 Å². The quantitative estimate of drug-likeness (QED) is 0.549. The number of hydrogen-bond donors (Lipinski definition) is 1. The molecule has 0 aliphatic heterocycles. The van der Waals surface area contributed by atoms with Crippen LogP contribution in [-0.2, 0) is 17.7 Å². The number of nitrogens with one attached hydrogen (secondary N) is 1. The van der Waals surface area contributed by atoms with Gasteiger partial charge in [0, 0.05) is 37.9 Å². The lowest BCUT2D eigenvalue weighted by Crippen LogP contribution is -2.34. The molecule has 0 radical (unpaired) electrons. The van der Waals surface area contributed by atoms with Crippen molar-refractivity contribution in [2.45, 2.75) is 33.7 Å². The zero-order valence-corrected chi connectivity index (χ0v) is 12.7. The zero-order chi connectivity index (χ0) is 14.3. The standard InChI is InChI=1S/C15H27N3O/c1-6-15(4,12-16-8-9-19-5)11-14-10-13(3)17-18(14)7-2/h6,10,16H,1,7-9,11-12H2,2-5H3. The number of rotatable bonds is 9. The highest BCUT2D eigenvalue weighted by Gasteiger charge is 2.22. The van der Waals surface area contributed by atoms with Crippen LogP contribution in [0.15, 0.2) is 18.7 Å². The van der Waals surface area contributed by atoms with Crippen molar-refractivity contribution in [3.8, 4) is 0 Å². The molecule has 1 N–H and O–H groups in total. The van der Waals surface area contributed by atoms with Crippen LogP contribution in [0, 0.1) is 12.3 Å². The fourth-order valence-corrected chi connectivity index (χ4v) is 2.18. The van der Waals surface area contributed by atoms with Crippen molar-refractivity contribution in [2.75, 3.05) is 26.8 Å². The lowest BCUT2D eigenvalue weighted by atomic mass is 9.85. The molecule has 1 heterocycles. The molecule has 0 aromatic carbocycles. The Labute approximate surface area is 116 Å². The van der Waals surface area contributed by atoms with Crippen LogP contribution >= 0.6 is 0 Å². The molecule has 4 heteroatoms. The van der Waals surface area contributed by atoms with E-state index in [9.17, 15) is 0 Å². The highest BCUT2D eigenvalue weighted by Crippen LogP contribution is 2.23. The first-order valence-electron chi connectivity index (χ1n) is 6.91. The monoisotopic (exact) mass is 265 g/mol. The second-order valence-electron chi connectivity index (χ2n) is 5.30. The molecule has 4 nitrogen and oxygen atoms in total. The Bertz CT molecular complexity index is 400. The minimum Gasteiger partial charge on any atom is -0.383 e. The van der Waals surface area contributed by atoms with Gasteiger partial charge in [-0.1, -0.05) is 13.0 Å². The van der Waals surface area contributed by atoms with E-state index < -0.39 is 0 Å². The van der Waals surface area contributed by atoms with E-state index in [4.69, 9.17) is 4.74 Å². The molecule has 19 heavy (non-hydrogen) atoms. The van der Waals surface area contributed by atoms with E-state index in [1.807, 2.05) is 13.0 Å². The molecule has 0 amide bonds. The largest absolute Gasteiger partial charge is 0.383 e. The summed E-state index contributed by atoms with van der Waals surface area (Å²) in [7, 11) is 1.72. The lowest BCUT2D eigenvalue weighted by Gasteiger charge is -2.26. The molecule has 0 aliphatic rings. The maximum absolute atomic E-state index is 5.05. The first-order valence-corrected chi connectivity index (χ1v) is 6.91. The van der Waals surface area contributed by atoms with Gasteiger partial charge in [-0.15, -0.1) is 6.58 Å². The molecule has 1 aromatic rings. The summed E-state index contributed by atoms with van der Waals surface area (Å²) in [5.41, 5.74) is 2.39. The normalized spacial score (nSPS) is 14.3. The van der Waals surface area contributed by atoms with Gasteiger partial charge in [-0.05, 0) is 26.3 Å². The van der Waals surface area contributed by atoms with Gasteiger partial charge < -0.3 is 10.1 Å². The Morgan fingerprint density at radius 1 is 1.58 bits per heavy atom. The highest BCUT2D eigenvalue weighted by molar-refractivity contribution is 5.13. The van der Waals surface area contributed by atoms with E-state index in [0.717, 1.165) is 38.4 Å². The van der Waals surface area contributed by atoms with E-state index in [1.54, 1.807) is 7.11 Å². The van der Waals surface area contributed by atoms with Gasteiger partial charge in [0.05, 0.1) is 12.3 Å². The second kappa shape index (κ2) is 7.46. The summed E-state index contributed by atoms with van der Waals surface area (Å²) in [4.78, 5) is 0. The van der Waals surface area contributed by atoms with Gasteiger partial charge in [0.1, 0.15) is 0 Å². The van der Waals surface area contributed by atoms with Gasteiger partial charge in [-0.25, -0.2) is 0 Å². The van der Waals surface area contributed by atoms with E-state index in [1.165, 1.54) is 5.69 Å². The minimum absolute atomic E-state index is 0.0349. The predicted molar refractivity (Wildman–Crippen MR) is 79.4 cm³/mol. The molecule has 0 fully saturated rings. The third-order valence-corrected chi connectivity index (χ3v) is 3.37. The fourth-order valence-electron chi connectivity index (χ4n) is 2.18. The van der Waals surface area contributed by atoms with Gasteiger partial charge >= 0.3 is 0 Å². The topological polar surface area (TPSA) is 39.1 Å². The van der Waals surface area contributed by atoms with Crippen molar-refractivity contribution < 1.29 is 4.74 Å². The Kier molecular flexibility index (Phi) is 6.25. The van der Waals surface area contributed by atoms with Crippen molar-refractivity contribution in [1.29, 1.82) is 0 Å². The smallest absolute Gasteiger partial charge is 0.0596 e. The fraction of sp³-hybridized carbons (Fsp3) is 0.667. The summed E-state index contributed by atoms with van der Waals surface area (Å²) in [6.07, 6.45) is 2.99. The zero-order valence-electron chi connectivity index (χ0n) is 12.7. The average Bonchev–Trinajstić information content (AvgIpc) is 2.74. The minimum atomic E-state index is 0.0349. The molecule has 0 saturated heterocycles. The molecule has 1 atom stereocenters. The maximum atomic E-state index is 5.05. The third kappa shape index (κ3) is 4.80. The van der Waals surface area contributed by atoms with Crippen LogP contribution in [0.25, 0.3) is 0 Å². The van der Waals surface area contributed by atoms with E-state index in [2.05, 4.69) is 41.6 Å². The Hall–Kier alpha value is -1.13. The molecule has 1 rings (SSSR count). The molecule has 0 saturated carbocycles. The van der Waals surface area contributed by atoms with E-state index in [-0.39, 0.29) is 5.41 Å². The molecular formula is C15H27N3O. The summed E-state index contributed by atoms with van der Waals surface area (Å²) in [5, 5.41) is 7.92. The summed E-state index contributed by atoms with van der Waals surface area (Å²) < 4.78 is 7.12. The van der Waals surface area contributed by atoms with Crippen LogP contribution in [0.1, 0.15) is 25.2 Å². The molecule has 108 valence electrons. The van der Waals surface area contributed by atoms with Crippen molar-refractivity contribution in [3.05, 3.63) is 30.1 Å². The third-order valence-electron chi connectivity index (χ3n) is 3.37. The average molecular weight is 265 g/mol. The number of ether oxygens (including phenoxy) is 1. The lowest BCUT2D eigenvalue weighted by molar-refractivity contribution is 0.195. The highest BCUT2D eigenvalue weighted by atomic mass is 16.5. The van der Waals surface area contributed by atoms with Crippen LogP contribution < -0.4 is 5.32 Å². The van der Waals surface area contributed by atoms with Gasteiger partial charge in [0.15, 0.2) is 0 Å². The number of methoxy groups -OCH3 is 1. The number of hydrogen-bond acceptors (Lipinski definition) is 3. The van der Waals surface area contributed by atoms with Crippen LogP contribution in [0.2, 0.25) is 0 Å². The van der Waals surface area contributed by atoms with E-state index >= 15 is 0 Å². The number of aromatic nitrogens is 2. The number of aryl methyl sites for hydroxylation is 2. The molecule has 0 spiro atoms. The van der Waals surface area contributed by atoms with Crippen molar-refractivity contribution >= 4 is 0 Å². The summed E-state index contributed by atoms with van der Waals surface area (Å²) in [6, 6.07) is 2.17. The summed E-state index contributed by atoms with van der Waals surface area (Å²) in [6.45, 7) is 13.8. The van der Waals surface area contributed by atoms with Gasteiger partial charge in [-0.3, -0.25) is 4.68 Å². The van der Waals surface area contributed by atoms with Crippen LogP contribution in [0.3, 0.4) is 0 Å². The Morgan fingerprint density at radius 3 is 2.89 bits per heavy atom. The number of nitrogens with zero attached hydrogens (tertiary/aromatic N) is 2. The van der Waals surface area contributed by atoms with Crippen molar-refractivity contribution in [2.24, 2.45) is 5.41 Å². The maximum Gasteiger partial charge on any atom is 0.0596 e. The Balaban J connectivity index is 2.65. The van der Waals surface area contributed by atoms with Gasteiger partial charge in [0.25, 0.3) is 0 Å². The van der Waals surface area contributed by atoms with Crippen LogP contribution in [0.4, 0.5) is 0 Å². The predicted octanol–water partition coefficient (Wildman–Crippen LogP) is 2.18. The molecule has 0 bridgehead atoms. The SMILES string of the molecule is C=CC(C)(CNCCOC)Cc1cc(C)nn1CC. The van der Waals surface area contributed by atoms with Crippen molar-refractivity contribution in [1.82, 2.24) is 15.1 Å². The van der Waals surface area contributed by atoms with Gasteiger partial charge in [0.2, 0.25) is 0 Å². The van der Waals surface area contributed by atoms with Crippen molar-refractivity contribution in [3.63, 3.8) is 0 Å². The van der Waals surface area contributed by atoms with Gasteiger partial charge in [-0.2, -0.15) is 5.10 Å². The van der Waals surface area contributed by atoms with Crippen LogP contribution in [0.5, 0.6) is 0 Å². The first-order chi connectivity index (χ1) is 9.04.